The number of methoxy groups -OCH3 is 2. The number of ether oxygens (including phenoxy) is 2. The van der Waals surface area contributed by atoms with Crippen LogP contribution >= 0.6 is 22.9 Å². The summed E-state index contributed by atoms with van der Waals surface area (Å²) >= 11 is 7.16. The highest BCUT2D eigenvalue weighted by molar-refractivity contribution is 7.15. The van der Waals surface area contributed by atoms with E-state index in [0.717, 1.165) is 11.1 Å². The average Bonchev–Trinajstić information content (AvgIpc) is 3.26. The number of benzene rings is 2. The maximum atomic E-state index is 12.7. The molecule has 0 saturated heterocycles. The summed E-state index contributed by atoms with van der Waals surface area (Å²) in [6.07, 6.45) is 5.39. The van der Waals surface area contributed by atoms with Crippen molar-refractivity contribution < 1.29 is 9.47 Å². The number of nitrogens with zero attached hydrogens (tertiary/aromatic N) is 3. The standard InChI is InChI=1S/C21H16ClN3O3S/c1-27-16-8-9-17(28-2)14(11-16)12-18-20(26)25-21(29-18)23-19(24-25)10-5-13-3-6-15(22)7-4-13/h3-12H,1-2H3/b10-5+,18-12+. The third kappa shape index (κ3) is 4.01. The summed E-state index contributed by atoms with van der Waals surface area (Å²) < 4.78 is 12.5. The highest BCUT2D eigenvalue weighted by Gasteiger charge is 2.10. The summed E-state index contributed by atoms with van der Waals surface area (Å²) in [5, 5.41) is 4.97. The highest BCUT2D eigenvalue weighted by Crippen LogP contribution is 2.24. The molecule has 4 rings (SSSR count). The normalized spacial score (nSPS) is 12.2. The number of hydrogen-bond donors (Lipinski definition) is 0. The third-order valence-corrected chi connectivity index (χ3v) is 5.43. The van der Waals surface area contributed by atoms with Gasteiger partial charge in [-0.05, 0) is 48.0 Å². The van der Waals surface area contributed by atoms with Crippen molar-refractivity contribution in [3.05, 3.63) is 79.3 Å². The zero-order chi connectivity index (χ0) is 20.4. The van der Waals surface area contributed by atoms with Crippen molar-refractivity contribution in [2.75, 3.05) is 14.2 Å². The van der Waals surface area contributed by atoms with Gasteiger partial charge in [0.25, 0.3) is 5.56 Å². The molecule has 6 nitrogen and oxygen atoms in total. The summed E-state index contributed by atoms with van der Waals surface area (Å²) in [6, 6.07) is 12.8. The fourth-order valence-corrected chi connectivity index (χ4v) is 3.79. The smallest absolute Gasteiger partial charge is 0.291 e. The fraction of sp³-hybridized carbons (Fsp3) is 0.0952. The van der Waals surface area contributed by atoms with Gasteiger partial charge in [0.1, 0.15) is 11.5 Å². The Hall–Kier alpha value is -3.16. The topological polar surface area (TPSA) is 65.7 Å². The minimum atomic E-state index is -0.228. The van der Waals surface area contributed by atoms with E-state index in [4.69, 9.17) is 21.1 Å². The molecule has 146 valence electrons. The number of fused-ring (bicyclic) bond motifs is 1. The van der Waals surface area contributed by atoms with Gasteiger partial charge in [-0.15, -0.1) is 5.10 Å². The Balaban J connectivity index is 1.69. The first-order chi connectivity index (χ1) is 14.1. The summed E-state index contributed by atoms with van der Waals surface area (Å²) in [6.45, 7) is 0. The third-order valence-electron chi connectivity index (χ3n) is 4.22. The van der Waals surface area contributed by atoms with E-state index >= 15 is 0 Å². The molecule has 8 heteroatoms. The molecular formula is C21H16ClN3O3S. The molecule has 2 aromatic heterocycles. The lowest BCUT2D eigenvalue weighted by Gasteiger charge is -2.06. The maximum absolute atomic E-state index is 12.7. The van der Waals surface area contributed by atoms with Crippen LogP contribution in [0.15, 0.2) is 47.3 Å². The molecule has 0 saturated carbocycles. The van der Waals surface area contributed by atoms with Crippen molar-refractivity contribution in [2.24, 2.45) is 0 Å². The monoisotopic (exact) mass is 425 g/mol. The largest absolute Gasteiger partial charge is 0.497 e. The summed E-state index contributed by atoms with van der Waals surface area (Å²) in [4.78, 5) is 17.7. The van der Waals surface area contributed by atoms with E-state index in [2.05, 4.69) is 10.1 Å². The van der Waals surface area contributed by atoms with E-state index < -0.39 is 0 Å². The van der Waals surface area contributed by atoms with Crippen LogP contribution in [0, 0.1) is 0 Å². The molecule has 0 atom stereocenters. The first-order valence-corrected chi connectivity index (χ1v) is 9.84. The Morgan fingerprint density at radius 3 is 2.55 bits per heavy atom. The predicted molar refractivity (Wildman–Crippen MR) is 116 cm³/mol. The molecule has 0 spiro atoms. The number of aromatic nitrogens is 3. The van der Waals surface area contributed by atoms with E-state index in [-0.39, 0.29) is 5.56 Å². The average molecular weight is 426 g/mol. The second-order valence-corrected chi connectivity index (χ2v) is 7.52. The van der Waals surface area contributed by atoms with Gasteiger partial charge in [-0.2, -0.15) is 9.50 Å². The molecule has 2 heterocycles. The molecule has 0 radical (unpaired) electrons. The molecule has 2 aromatic carbocycles. The minimum absolute atomic E-state index is 0.228. The van der Waals surface area contributed by atoms with Gasteiger partial charge < -0.3 is 9.47 Å². The Labute approximate surface area is 175 Å². The minimum Gasteiger partial charge on any atom is -0.497 e. The van der Waals surface area contributed by atoms with Crippen LogP contribution in [0.1, 0.15) is 17.0 Å². The fourth-order valence-electron chi connectivity index (χ4n) is 2.76. The van der Waals surface area contributed by atoms with Crippen molar-refractivity contribution in [1.29, 1.82) is 0 Å². The first kappa shape index (κ1) is 19.2. The lowest BCUT2D eigenvalue weighted by molar-refractivity contribution is 0.402. The quantitative estimate of drug-likeness (QED) is 0.489. The Morgan fingerprint density at radius 1 is 1.07 bits per heavy atom. The molecular weight excluding hydrogens is 410 g/mol. The van der Waals surface area contributed by atoms with Crippen LogP contribution in [-0.4, -0.2) is 28.8 Å². The summed E-state index contributed by atoms with van der Waals surface area (Å²) in [7, 11) is 3.17. The lowest BCUT2D eigenvalue weighted by Crippen LogP contribution is -2.23. The van der Waals surface area contributed by atoms with Gasteiger partial charge in [0, 0.05) is 10.6 Å². The van der Waals surface area contributed by atoms with Gasteiger partial charge in [-0.1, -0.05) is 41.1 Å². The summed E-state index contributed by atoms with van der Waals surface area (Å²) in [5.41, 5.74) is 1.49. The zero-order valence-corrected chi connectivity index (χ0v) is 17.2. The van der Waals surface area contributed by atoms with Gasteiger partial charge in [-0.3, -0.25) is 4.79 Å². The van der Waals surface area contributed by atoms with Gasteiger partial charge in [0.05, 0.1) is 18.8 Å². The SMILES string of the molecule is COc1ccc(OC)c(/C=c2/sc3nc(/C=C/c4ccc(Cl)cc4)nn3c2=O)c1. The number of rotatable bonds is 5. The molecule has 0 aliphatic heterocycles. The Kier molecular flexibility index (Phi) is 5.33. The lowest BCUT2D eigenvalue weighted by atomic mass is 10.2. The van der Waals surface area contributed by atoms with Crippen LogP contribution < -0.4 is 19.6 Å². The van der Waals surface area contributed by atoms with Crippen molar-refractivity contribution in [3.8, 4) is 11.5 Å². The van der Waals surface area contributed by atoms with E-state index in [1.165, 1.54) is 15.9 Å². The Morgan fingerprint density at radius 2 is 1.86 bits per heavy atom. The molecule has 0 fully saturated rings. The van der Waals surface area contributed by atoms with Gasteiger partial charge in [0.15, 0.2) is 5.82 Å². The van der Waals surface area contributed by atoms with Crippen molar-refractivity contribution in [2.45, 2.75) is 0 Å². The molecule has 0 N–H and O–H groups in total. The van der Waals surface area contributed by atoms with E-state index in [1.54, 1.807) is 38.5 Å². The molecule has 4 aromatic rings. The predicted octanol–water partition coefficient (Wildman–Crippen LogP) is 3.54. The molecule has 0 aliphatic rings. The van der Waals surface area contributed by atoms with Crippen molar-refractivity contribution >= 4 is 46.1 Å². The molecule has 29 heavy (non-hydrogen) atoms. The second-order valence-electron chi connectivity index (χ2n) is 6.07. The number of thiazole rings is 1. The van der Waals surface area contributed by atoms with E-state index in [9.17, 15) is 4.79 Å². The zero-order valence-electron chi connectivity index (χ0n) is 15.6. The highest BCUT2D eigenvalue weighted by atomic mass is 35.5. The maximum Gasteiger partial charge on any atom is 0.291 e. The molecule has 0 aliphatic carbocycles. The van der Waals surface area contributed by atoms with Crippen LogP contribution in [0.2, 0.25) is 5.02 Å². The van der Waals surface area contributed by atoms with Crippen LogP contribution in [0.25, 0.3) is 23.2 Å². The Bertz CT molecular complexity index is 1310. The van der Waals surface area contributed by atoms with E-state index in [1.807, 2.05) is 36.4 Å². The van der Waals surface area contributed by atoms with Crippen LogP contribution in [0.5, 0.6) is 11.5 Å². The van der Waals surface area contributed by atoms with Crippen molar-refractivity contribution in [1.82, 2.24) is 14.6 Å². The van der Waals surface area contributed by atoms with Crippen LogP contribution in [-0.2, 0) is 0 Å². The number of halogens is 1. The van der Waals surface area contributed by atoms with Crippen LogP contribution in [0.3, 0.4) is 0 Å². The van der Waals surface area contributed by atoms with Gasteiger partial charge in [-0.25, -0.2) is 0 Å². The van der Waals surface area contributed by atoms with Crippen molar-refractivity contribution in [3.63, 3.8) is 0 Å². The second kappa shape index (κ2) is 8.06. The molecule has 0 amide bonds. The van der Waals surface area contributed by atoms with Gasteiger partial charge in [0.2, 0.25) is 4.96 Å². The van der Waals surface area contributed by atoms with E-state index in [0.29, 0.717) is 31.8 Å². The first-order valence-electron chi connectivity index (χ1n) is 8.64. The summed E-state index contributed by atoms with van der Waals surface area (Å²) in [5.74, 6) is 1.79. The number of hydrogen-bond acceptors (Lipinski definition) is 6. The molecule has 0 bridgehead atoms. The molecule has 0 unspecified atom stereocenters. The van der Waals surface area contributed by atoms with Gasteiger partial charge >= 0.3 is 0 Å². The van der Waals surface area contributed by atoms with Crippen LogP contribution in [0.4, 0.5) is 0 Å².